The van der Waals surface area contributed by atoms with Crippen molar-refractivity contribution >= 4 is 23.5 Å². The maximum Gasteiger partial charge on any atom is 0.333 e. The maximum absolute atomic E-state index is 13.9. The van der Waals surface area contributed by atoms with Crippen LogP contribution >= 0.6 is 11.6 Å². The topological polar surface area (TPSA) is 84.9 Å². The summed E-state index contributed by atoms with van der Waals surface area (Å²) in [5.41, 5.74) is 1.23. The highest BCUT2D eigenvalue weighted by molar-refractivity contribution is 6.30. The van der Waals surface area contributed by atoms with Gasteiger partial charge in [0.05, 0.1) is 12.7 Å². The molecule has 2 aromatic rings. The molecule has 6 nitrogen and oxygen atoms in total. The lowest BCUT2D eigenvalue weighted by Gasteiger charge is -2.16. The van der Waals surface area contributed by atoms with Gasteiger partial charge in [0, 0.05) is 30.2 Å². The van der Waals surface area contributed by atoms with Gasteiger partial charge in [-0.15, -0.1) is 0 Å². The number of nitrogens with one attached hydrogen (secondary N) is 1. The Labute approximate surface area is 173 Å². The molecule has 0 radical (unpaired) electrons. The van der Waals surface area contributed by atoms with Crippen LogP contribution in [0.2, 0.25) is 5.02 Å². The number of rotatable bonds is 10. The molecule has 0 saturated carbocycles. The Morgan fingerprint density at radius 1 is 1.24 bits per heavy atom. The molecule has 1 unspecified atom stereocenters. The molecule has 0 bridgehead atoms. The lowest BCUT2D eigenvalue weighted by atomic mass is 10.0. The molecule has 8 heteroatoms. The Morgan fingerprint density at radius 2 is 2.00 bits per heavy atom. The zero-order chi connectivity index (χ0) is 21.4. The highest BCUT2D eigenvalue weighted by Crippen LogP contribution is 2.22. The minimum Gasteiger partial charge on any atom is -0.496 e. The summed E-state index contributed by atoms with van der Waals surface area (Å²) < 4.78 is 24.6. The summed E-state index contributed by atoms with van der Waals surface area (Å²) in [6.07, 6.45) is -0.0780. The van der Waals surface area contributed by atoms with Gasteiger partial charge in [-0.3, -0.25) is 4.79 Å². The van der Waals surface area contributed by atoms with Gasteiger partial charge in [0.25, 0.3) is 5.91 Å². The number of aliphatic carboxylic acids is 1. The number of hydrogen-bond donors (Lipinski definition) is 2. The summed E-state index contributed by atoms with van der Waals surface area (Å²) in [6, 6.07) is 8.99. The highest BCUT2D eigenvalue weighted by atomic mass is 35.5. The van der Waals surface area contributed by atoms with Crippen molar-refractivity contribution in [3.63, 3.8) is 0 Å². The van der Waals surface area contributed by atoms with E-state index < -0.39 is 23.8 Å². The fourth-order valence-electron chi connectivity index (χ4n) is 2.73. The molecule has 1 atom stereocenters. The third-order valence-corrected chi connectivity index (χ3v) is 4.41. The maximum atomic E-state index is 13.9. The van der Waals surface area contributed by atoms with E-state index in [2.05, 4.69) is 5.32 Å². The van der Waals surface area contributed by atoms with Crippen LogP contribution in [0.25, 0.3) is 0 Å². The summed E-state index contributed by atoms with van der Waals surface area (Å²) in [5.74, 6) is -1.83. The second-order valence-electron chi connectivity index (χ2n) is 6.35. The quantitative estimate of drug-likeness (QED) is 0.606. The van der Waals surface area contributed by atoms with Crippen LogP contribution in [0.3, 0.4) is 0 Å². The van der Waals surface area contributed by atoms with Gasteiger partial charge in [-0.1, -0.05) is 30.7 Å². The second kappa shape index (κ2) is 10.8. The molecule has 156 valence electrons. The van der Waals surface area contributed by atoms with Crippen LogP contribution in [0.5, 0.6) is 5.75 Å². The number of carbonyl (C=O) groups is 2. The SMILES string of the molecule is CCCOC(Cc1ccc(OC)c(CNC(=O)c2ccc(Cl)cc2F)c1)C(=O)O. The smallest absolute Gasteiger partial charge is 0.333 e. The Bertz CT molecular complexity index is 874. The minimum atomic E-state index is -1.04. The van der Waals surface area contributed by atoms with E-state index in [1.807, 2.05) is 6.92 Å². The van der Waals surface area contributed by atoms with Gasteiger partial charge in [0.1, 0.15) is 11.6 Å². The fourth-order valence-corrected chi connectivity index (χ4v) is 2.89. The summed E-state index contributed by atoms with van der Waals surface area (Å²) >= 11 is 5.71. The molecule has 0 aromatic heterocycles. The minimum absolute atomic E-state index is 0.0749. The van der Waals surface area contributed by atoms with Gasteiger partial charge in [-0.2, -0.15) is 0 Å². The molecule has 0 heterocycles. The van der Waals surface area contributed by atoms with E-state index in [9.17, 15) is 19.1 Å². The van der Waals surface area contributed by atoms with E-state index in [4.69, 9.17) is 21.1 Å². The Hall–Kier alpha value is -2.64. The lowest BCUT2D eigenvalue weighted by Crippen LogP contribution is -2.27. The molecular formula is C21H23ClFNO5. The van der Waals surface area contributed by atoms with E-state index in [0.717, 1.165) is 11.6 Å². The monoisotopic (exact) mass is 423 g/mol. The van der Waals surface area contributed by atoms with E-state index in [0.29, 0.717) is 24.3 Å². The zero-order valence-corrected chi connectivity index (χ0v) is 17.0. The number of amides is 1. The van der Waals surface area contributed by atoms with Crippen LogP contribution in [0, 0.1) is 5.82 Å². The molecule has 0 aliphatic heterocycles. The number of hydrogen-bond acceptors (Lipinski definition) is 4. The lowest BCUT2D eigenvalue weighted by molar-refractivity contribution is -0.150. The first-order valence-corrected chi connectivity index (χ1v) is 9.47. The first-order chi connectivity index (χ1) is 13.8. The highest BCUT2D eigenvalue weighted by Gasteiger charge is 2.19. The van der Waals surface area contributed by atoms with Gasteiger partial charge < -0.3 is 19.9 Å². The van der Waals surface area contributed by atoms with Gasteiger partial charge in [0.2, 0.25) is 0 Å². The molecule has 0 fully saturated rings. The number of halogens is 2. The van der Waals surface area contributed by atoms with Crippen molar-refractivity contribution in [2.75, 3.05) is 13.7 Å². The van der Waals surface area contributed by atoms with Gasteiger partial charge in [-0.05, 0) is 36.2 Å². The Kier molecular flexibility index (Phi) is 8.42. The summed E-state index contributed by atoms with van der Waals surface area (Å²) in [6.45, 7) is 2.32. The molecule has 1 amide bonds. The van der Waals surface area contributed by atoms with Crippen LogP contribution in [-0.2, 0) is 22.5 Å². The van der Waals surface area contributed by atoms with Crippen molar-refractivity contribution in [2.24, 2.45) is 0 Å². The number of methoxy groups -OCH3 is 1. The van der Waals surface area contributed by atoms with Crippen molar-refractivity contribution < 1.29 is 28.6 Å². The molecule has 0 aliphatic rings. The van der Waals surface area contributed by atoms with Crippen molar-refractivity contribution in [1.29, 1.82) is 0 Å². The van der Waals surface area contributed by atoms with Crippen LogP contribution < -0.4 is 10.1 Å². The van der Waals surface area contributed by atoms with Gasteiger partial charge >= 0.3 is 5.97 Å². The third kappa shape index (κ3) is 6.44. The number of carboxylic acid groups (broad SMARTS) is 1. The molecular weight excluding hydrogens is 401 g/mol. The summed E-state index contributed by atoms with van der Waals surface area (Å²) in [5, 5.41) is 12.2. The number of ether oxygens (including phenoxy) is 2. The zero-order valence-electron chi connectivity index (χ0n) is 16.2. The van der Waals surface area contributed by atoms with Crippen molar-refractivity contribution in [1.82, 2.24) is 5.32 Å². The van der Waals surface area contributed by atoms with Crippen LogP contribution in [0.1, 0.15) is 34.8 Å². The average Bonchev–Trinajstić information content (AvgIpc) is 2.69. The van der Waals surface area contributed by atoms with Gasteiger partial charge in [-0.25, -0.2) is 9.18 Å². The first kappa shape index (κ1) is 22.6. The predicted octanol–water partition coefficient (Wildman–Crippen LogP) is 3.84. The molecule has 0 spiro atoms. The first-order valence-electron chi connectivity index (χ1n) is 9.09. The molecule has 2 rings (SSSR count). The average molecular weight is 424 g/mol. The van der Waals surface area contributed by atoms with Gasteiger partial charge in [0.15, 0.2) is 6.10 Å². The molecule has 29 heavy (non-hydrogen) atoms. The molecule has 0 aliphatic carbocycles. The summed E-state index contributed by atoms with van der Waals surface area (Å²) in [4.78, 5) is 23.7. The molecule has 0 saturated heterocycles. The number of benzene rings is 2. The molecule has 2 N–H and O–H groups in total. The Morgan fingerprint density at radius 3 is 2.62 bits per heavy atom. The van der Waals surface area contributed by atoms with Crippen LogP contribution in [-0.4, -0.2) is 36.8 Å². The van der Waals surface area contributed by atoms with E-state index >= 15 is 0 Å². The largest absolute Gasteiger partial charge is 0.496 e. The number of carbonyl (C=O) groups excluding carboxylic acids is 1. The normalized spacial score (nSPS) is 11.7. The molecule has 2 aromatic carbocycles. The Balaban J connectivity index is 2.13. The third-order valence-electron chi connectivity index (χ3n) is 4.18. The second-order valence-corrected chi connectivity index (χ2v) is 6.79. The predicted molar refractivity (Wildman–Crippen MR) is 107 cm³/mol. The van der Waals surface area contributed by atoms with Crippen LogP contribution in [0.15, 0.2) is 36.4 Å². The van der Waals surface area contributed by atoms with Crippen LogP contribution in [0.4, 0.5) is 4.39 Å². The van der Waals surface area contributed by atoms with E-state index in [1.165, 1.54) is 19.2 Å². The van der Waals surface area contributed by atoms with E-state index in [-0.39, 0.29) is 23.6 Å². The summed E-state index contributed by atoms with van der Waals surface area (Å²) in [7, 11) is 1.49. The number of carboxylic acids is 1. The van der Waals surface area contributed by atoms with Crippen molar-refractivity contribution in [3.8, 4) is 5.75 Å². The fraction of sp³-hybridized carbons (Fsp3) is 0.333. The standard InChI is InChI=1S/C21H23ClFNO5/c1-3-8-29-19(21(26)27)10-13-4-7-18(28-2)14(9-13)12-24-20(25)16-6-5-15(22)11-17(16)23/h4-7,9,11,19H,3,8,10,12H2,1-2H3,(H,24,25)(H,26,27). The van der Waals surface area contributed by atoms with Crippen molar-refractivity contribution in [2.45, 2.75) is 32.4 Å². The van der Waals surface area contributed by atoms with Crippen molar-refractivity contribution in [3.05, 3.63) is 63.9 Å². The van der Waals surface area contributed by atoms with E-state index in [1.54, 1.807) is 18.2 Å².